The molecule has 1 rings (SSSR count). The van der Waals surface area contributed by atoms with Crippen LogP contribution in [0.25, 0.3) is 0 Å². The highest BCUT2D eigenvalue weighted by Crippen LogP contribution is 2.19. The second kappa shape index (κ2) is 3.90. The minimum Gasteiger partial charge on any atom is -0.386 e. The van der Waals surface area contributed by atoms with Crippen molar-refractivity contribution in [1.82, 2.24) is 4.98 Å². The maximum absolute atomic E-state index is 9.51. The van der Waals surface area contributed by atoms with Gasteiger partial charge < -0.3 is 5.11 Å². The molecule has 0 aliphatic heterocycles. The van der Waals surface area contributed by atoms with E-state index in [-0.39, 0.29) is 0 Å². The highest BCUT2D eigenvalue weighted by Gasteiger charge is 2.21. The zero-order chi connectivity index (χ0) is 10.1. The van der Waals surface area contributed by atoms with E-state index in [1.165, 1.54) is 4.50 Å². The molecule has 0 aromatic carbocycles. The largest absolute Gasteiger partial charge is 0.386 e. The summed E-state index contributed by atoms with van der Waals surface area (Å²) in [5, 5.41) is 10.3. The van der Waals surface area contributed by atoms with E-state index >= 15 is 0 Å². The molecule has 0 aliphatic rings. The van der Waals surface area contributed by atoms with E-state index in [4.69, 9.17) is 0 Å². The molecule has 1 heterocycles. The molecule has 0 saturated carbocycles. The third-order valence-corrected chi connectivity index (χ3v) is 6.48. The van der Waals surface area contributed by atoms with Crippen LogP contribution >= 0.6 is 11.3 Å². The smallest absolute Gasteiger partial charge is 0.121 e. The summed E-state index contributed by atoms with van der Waals surface area (Å²) in [5.41, 5.74) is 0. The lowest BCUT2D eigenvalue weighted by Gasteiger charge is -2.11. The number of thiazole rings is 1. The van der Waals surface area contributed by atoms with Crippen molar-refractivity contribution in [2.45, 2.75) is 32.2 Å². The number of aromatic nitrogens is 1. The van der Waals surface area contributed by atoms with E-state index < -0.39 is 14.2 Å². The highest BCUT2D eigenvalue weighted by atomic mass is 32.1. The number of hydrogen-bond donors (Lipinski definition) is 1. The van der Waals surface area contributed by atoms with Crippen molar-refractivity contribution in [3.05, 3.63) is 18.1 Å². The summed E-state index contributed by atoms with van der Waals surface area (Å²) in [7, 11) is -1.25. The fourth-order valence-electron chi connectivity index (χ4n) is 0.912. The molecular weight excluding hydrogens is 198 g/mol. The molecule has 1 atom stereocenters. The van der Waals surface area contributed by atoms with E-state index in [1.54, 1.807) is 11.3 Å². The van der Waals surface area contributed by atoms with E-state index in [2.05, 4.69) is 31.5 Å². The van der Waals surface area contributed by atoms with Crippen LogP contribution in [-0.4, -0.2) is 18.2 Å². The van der Waals surface area contributed by atoms with E-state index in [0.29, 0.717) is 6.42 Å². The molecule has 0 saturated heterocycles. The Hall–Kier alpha value is -0.193. The monoisotopic (exact) mass is 214 g/mol. The Morgan fingerprint density at radius 3 is 2.62 bits per heavy atom. The second-order valence-corrected chi connectivity index (χ2v) is 10.6. The van der Waals surface area contributed by atoms with Crippen LogP contribution in [-0.2, 0) is 0 Å². The Morgan fingerprint density at radius 2 is 2.23 bits per heavy atom. The lowest BCUT2D eigenvalue weighted by atomic mass is 10.3. The molecule has 1 radical (unpaired) electrons. The third-order valence-electron chi connectivity index (χ3n) is 1.82. The quantitative estimate of drug-likeness (QED) is 0.780. The van der Waals surface area contributed by atoms with Gasteiger partial charge >= 0.3 is 0 Å². The first-order valence-corrected chi connectivity index (χ1v) is 8.70. The van der Waals surface area contributed by atoms with Crippen LogP contribution < -0.4 is 4.50 Å². The number of rotatable bonds is 3. The molecule has 1 aromatic heterocycles. The Kier molecular flexibility index (Phi) is 3.26. The average molecular weight is 214 g/mol. The average Bonchev–Trinajstić information content (AvgIpc) is 2.50. The molecule has 0 spiro atoms. The summed E-state index contributed by atoms with van der Waals surface area (Å²) in [6, 6.07) is 0. The summed E-state index contributed by atoms with van der Waals surface area (Å²) in [5.74, 6) is 0. The molecule has 1 aromatic rings. The fourth-order valence-corrected chi connectivity index (χ4v) is 3.59. The zero-order valence-corrected chi connectivity index (χ0v) is 10.2. The third kappa shape index (κ3) is 2.62. The Labute approximate surface area is 84.7 Å². The number of nitrogens with zero attached hydrogens (tertiary/aromatic N) is 1. The summed E-state index contributed by atoms with van der Waals surface area (Å²) in [6.45, 7) is 10.5. The van der Waals surface area contributed by atoms with Crippen LogP contribution in [0.15, 0.2) is 6.20 Å². The molecule has 0 fully saturated rings. The number of aliphatic hydroxyl groups is 1. The van der Waals surface area contributed by atoms with E-state index in [9.17, 15) is 5.11 Å². The van der Waals surface area contributed by atoms with Crippen molar-refractivity contribution in [3.63, 3.8) is 0 Å². The SMILES string of the molecule is [CH2]CC(O)c1ncc([Si](C)(C)C)s1. The maximum atomic E-state index is 9.51. The zero-order valence-electron chi connectivity index (χ0n) is 8.37. The van der Waals surface area contributed by atoms with Crippen molar-refractivity contribution in [3.8, 4) is 0 Å². The van der Waals surface area contributed by atoms with Gasteiger partial charge in [0.05, 0.1) is 8.07 Å². The van der Waals surface area contributed by atoms with Gasteiger partial charge in [-0.25, -0.2) is 4.98 Å². The van der Waals surface area contributed by atoms with Crippen LogP contribution in [0.4, 0.5) is 0 Å². The molecule has 0 aliphatic carbocycles. The van der Waals surface area contributed by atoms with Gasteiger partial charge in [0.25, 0.3) is 0 Å². The van der Waals surface area contributed by atoms with Crippen LogP contribution in [0.3, 0.4) is 0 Å². The summed E-state index contributed by atoms with van der Waals surface area (Å²) in [4.78, 5) is 4.22. The summed E-state index contributed by atoms with van der Waals surface area (Å²) >= 11 is 1.63. The lowest BCUT2D eigenvalue weighted by Crippen LogP contribution is -2.34. The van der Waals surface area contributed by atoms with Gasteiger partial charge in [-0.1, -0.05) is 26.6 Å². The van der Waals surface area contributed by atoms with Crippen LogP contribution in [0, 0.1) is 6.92 Å². The van der Waals surface area contributed by atoms with Crippen LogP contribution in [0.2, 0.25) is 19.6 Å². The van der Waals surface area contributed by atoms with Gasteiger partial charge in [0, 0.05) is 10.7 Å². The Morgan fingerprint density at radius 1 is 1.62 bits per heavy atom. The Bertz CT molecular complexity index is 279. The molecule has 0 bridgehead atoms. The molecule has 0 amide bonds. The molecule has 13 heavy (non-hydrogen) atoms. The number of aliphatic hydroxyl groups excluding tert-OH is 1. The summed E-state index contributed by atoms with van der Waals surface area (Å²) in [6.07, 6.45) is 1.93. The fraction of sp³-hybridized carbons (Fsp3) is 0.556. The molecule has 1 N–H and O–H groups in total. The first-order valence-electron chi connectivity index (χ1n) is 4.38. The summed E-state index contributed by atoms with van der Waals surface area (Å²) < 4.78 is 1.34. The van der Waals surface area contributed by atoms with Gasteiger partial charge in [0.1, 0.15) is 11.1 Å². The van der Waals surface area contributed by atoms with Crippen molar-refractivity contribution >= 4 is 23.9 Å². The minimum atomic E-state index is -1.25. The van der Waals surface area contributed by atoms with Gasteiger partial charge in [-0.15, -0.1) is 11.3 Å². The highest BCUT2D eigenvalue weighted by molar-refractivity contribution is 7.26. The lowest BCUT2D eigenvalue weighted by molar-refractivity contribution is 0.180. The van der Waals surface area contributed by atoms with Gasteiger partial charge in [-0.05, 0) is 6.42 Å². The topological polar surface area (TPSA) is 33.1 Å². The van der Waals surface area contributed by atoms with Crippen LogP contribution in [0.5, 0.6) is 0 Å². The van der Waals surface area contributed by atoms with Crippen molar-refractivity contribution < 1.29 is 5.11 Å². The molecule has 1 unspecified atom stereocenters. The minimum absolute atomic E-state index is 0.477. The molecular formula is C9H16NOSSi. The first-order chi connectivity index (χ1) is 5.95. The molecule has 2 nitrogen and oxygen atoms in total. The van der Waals surface area contributed by atoms with Crippen molar-refractivity contribution in [1.29, 1.82) is 0 Å². The van der Waals surface area contributed by atoms with Gasteiger partial charge in [0.2, 0.25) is 0 Å². The predicted molar refractivity (Wildman–Crippen MR) is 60.0 cm³/mol. The van der Waals surface area contributed by atoms with Crippen molar-refractivity contribution in [2.75, 3.05) is 0 Å². The van der Waals surface area contributed by atoms with Crippen LogP contribution in [0.1, 0.15) is 17.5 Å². The number of hydrogen-bond acceptors (Lipinski definition) is 3. The van der Waals surface area contributed by atoms with Gasteiger partial charge in [-0.3, -0.25) is 0 Å². The van der Waals surface area contributed by atoms with E-state index in [0.717, 1.165) is 5.01 Å². The predicted octanol–water partition coefficient (Wildman–Crippen LogP) is 1.95. The second-order valence-electron chi connectivity index (χ2n) is 4.12. The standard InChI is InChI=1S/C9H16NOSSi/c1-5-7(11)9-10-6-8(12-9)13(2,3)4/h6-7,11H,1,5H2,2-4H3. The van der Waals surface area contributed by atoms with E-state index in [1.807, 2.05) is 6.20 Å². The normalized spacial score (nSPS) is 14.5. The maximum Gasteiger partial charge on any atom is 0.121 e. The first kappa shape index (κ1) is 10.9. The Balaban J connectivity index is 2.87. The molecule has 4 heteroatoms. The molecule has 73 valence electrons. The van der Waals surface area contributed by atoms with Gasteiger partial charge in [-0.2, -0.15) is 0 Å². The van der Waals surface area contributed by atoms with Crippen molar-refractivity contribution in [2.24, 2.45) is 0 Å². The van der Waals surface area contributed by atoms with Gasteiger partial charge in [0.15, 0.2) is 0 Å².